The van der Waals surface area contributed by atoms with Gasteiger partial charge in [0.15, 0.2) is 5.79 Å². The number of thioether (sulfide) groups is 1. The Balaban J connectivity index is 1.49. The average Bonchev–Trinajstić information content (AvgIpc) is 3.23. The maximum atomic E-state index is 7.28. The van der Waals surface area contributed by atoms with Crippen molar-refractivity contribution >= 4 is 53.0 Å². The molecule has 2 fully saturated rings. The third-order valence-corrected chi connectivity index (χ3v) is 15.3. The highest BCUT2D eigenvalue weighted by Gasteiger charge is 2.56. The minimum atomic E-state index is -2.71. The summed E-state index contributed by atoms with van der Waals surface area (Å²) in [7, 11) is -2.71. The molecule has 0 aromatic heterocycles. The molecule has 5 atom stereocenters. The summed E-state index contributed by atoms with van der Waals surface area (Å²) in [5, 5.41) is 2.41. The fraction of sp³-hybridized carbons (Fsp3) is 0.419. The Kier molecular flexibility index (Phi) is 8.46. The van der Waals surface area contributed by atoms with Crippen LogP contribution in [0.5, 0.6) is 0 Å². The third kappa shape index (κ3) is 5.66. The lowest BCUT2D eigenvalue weighted by Gasteiger charge is -2.45. The largest absolute Gasteiger partial charge is 0.405 e. The fourth-order valence-electron chi connectivity index (χ4n) is 5.66. The monoisotopic (exact) mass is 660 g/mol. The second kappa shape index (κ2) is 11.3. The van der Waals surface area contributed by atoms with Crippen molar-refractivity contribution in [2.45, 2.75) is 78.0 Å². The van der Waals surface area contributed by atoms with Gasteiger partial charge in [0.05, 0.1) is 10.5 Å². The lowest BCUT2D eigenvalue weighted by atomic mass is 10.0. The first-order chi connectivity index (χ1) is 18.1. The van der Waals surface area contributed by atoms with Crippen LogP contribution in [-0.4, -0.2) is 48.4 Å². The molecule has 38 heavy (non-hydrogen) atoms. The van der Waals surface area contributed by atoms with Crippen LogP contribution in [0.4, 0.5) is 0 Å². The van der Waals surface area contributed by atoms with E-state index >= 15 is 0 Å². The van der Waals surface area contributed by atoms with Gasteiger partial charge in [-0.05, 0) is 41.4 Å². The molecule has 0 N–H and O–H groups in total. The molecule has 0 radical (unpaired) electrons. The van der Waals surface area contributed by atoms with Crippen molar-refractivity contribution in [2.24, 2.45) is 0 Å². The summed E-state index contributed by atoms with van der Waals surface area (Å²) in [6.45, 7) is 11.3. The minimum absolute atomic E-state index is 0.0756. The predicted octanol–water partition coefficient (Wildman–Crippen LogP) is 6.40. The van der Waals surface area contributed by atoms with Crippen LogP contribution in [0.25, 0.3) is 0 Å². The van der Waals surface area contributed by atoms with E-state index in [-0.39, 0.29) is 32.7 Å². The van der Waals surface area contributed by atoms with Crippen LogP contribution in [0.15, 0.2) is 95.9 Å². The van der Waals surface area contributed by atoms with E-state index in [0.717, 1.165) is 0 Å². The minimum Gasteiger partial charge on any atom is -0.405 e. The van der Waals surface area contributed by atoms with Gasteiger partial charge in [0.1, 0.15) is 23.7 Å². The first kappa shape index (κ1) is 28.3. The molecular formula is C31H37IO4SSi. The van der Waals surface area contributed by atoms with Crippen molar-refractivity contribution in [2.75, 3.05) is 6.61 Å². The first-order valence-corrected chi connectivity index (χ1v) is 17.3. The molecule has 0 saturated carbocycles. The number of fused-ring (bicyclic) bond motifs is 1. The zero-order valence-electron chi connectivity index (χ0n) is 22.7. The van der Waals surface area contributed by atoms with Crippen LogP contribution in [0.3, 0.4) is 0 Å². The summed E-state index contributed by atoms with van der Waals surface area (Å²) in [5.41, 5.74) is -0.0792. The van der Waals surface area contributed by atoms with E-state index in [1.165, 1.54) is 15.3 Å². The van der Waals surface area contributed by atoms with Crippen LogP contribution in [0.2, 0.25) is 5.04 Å². The van der Waals surface area contributed by atoms with E-state index in [4.69, 9.17) is 18.6 Å². The molecule has 3 aromatic carbocycles. The van der Waals surface area contributed by atoms with Gasteiger partial charge in [-0.1, -0.05) is 134 Å². The summed E-state index contributed by atoms with van der Waals surface area (Å²) >= 11 is 4.23. The van der Waals surface area contributed by atoms with Gasteiger partial charge in [-0.2, -0.15) is 0 Å². The third-order valence-electron chi connectivity index (χ3n) is 7.29. The van der Waals surface area contributed by atoms with E-state index < -0.39 is 14.1 Å². The van der Waals surface area contributed by atoms with E-state index in [1.807, 2.05) is 19.9 Å². The topological polar surface area (TPSA) is 36.9 Å². The van der Waals surface area contributed by atoms with Gasteiger partial charge in [0, 0.05) is 4.90 Å². The average molecular weight is 661 g/mol. The smallest absolute Gasteiger partial charge is 0.261 e. The van der Waals surface area contributed by atoms with Gasteiger partial charge < -0.3 is 18.6 Å². The van der Waals surface area contributed by atoms with Gasteiger partial charge in [-0.25, -0.2) is 0 Å². The normalized spacial score (nSPS) is 27.2. The van der Waals surface area contributed by atoms with Crippen molar-refractivity contribution in [3.05, 3.63) is 91.0 Å². The highest BCUT2D eigenvalue weighted by molar-refractivity contribution is 14.1. The summed E-state index contributed by atoms with van der Waals surface area (Å²) in [6, 6.07) is 32.0. The van der Waals surface area contributed by atoms with Crippen molar-refractivity contribution < 1.29 is 18.6 Å². The van der Waals surface area contributed by atoms with Crippen LogP contribution < -0.4 is 10.4 Å². The Morgan fingerprint density at radius 2 is 1.32 bits per heavy atom. The number of halogens is 1. The Morgan fingerprint density at radius 3 is 1.84 bits per heavy atom. The summed E-state index contributed by atoms with van der Waals surface area (Å²) in [5.74, 6) is -0.663. The molecule has 2 aliphatic heterocycles. The maximum Gasteiger partial charge on any atom is 0.261 e. The van der Waals surface area contributed by atoms with Crippen molar-refractivity contribution in [3.8, 4) is 0 Å². The number of ether oxygens (including phenoxy) is 3. The van der Waals surface area contributed by atoms with E-state index in [2.05, 4.69) is 128 Å². The number of hydrogen-bond acceptors (Lipinski definition) is 5. The summed E-state index contributed by atoms with van der Waals surface area (Å²) in [4.78, 5) is 1.18. The van der Waals surface area contributed by atoms with Crippen molar-refractivity contribution in [1.82, 2.24) is 0 Å². The van der Waals surface area contributed by atoms with Gasteiger partial charge in [0.25, 0.3) is 8.32 Å². The standard InChI is InChI=1S/C31H37IO4SSi/c1-30(2,3)38(23-17-11-7-12-18-23,24-19-13-8-14-20-24)33-21-25-27-28(36-31(4,5)35-27)26(32)29(34-25)37-22-15-9-6-10-16-22/h6-20,25-29H,21H2,1-5H3/t25-,26+,27+,28-,29?/m1/s1. The molecule has 0 bridgehead atoms. The predicted molar refractivity (Wildman–Crippen MR) is 166 cm³/mol. The number of alkyl halides is 1. The van der Waals surface area contributed by atoms with E-state index in [9.17, 15) is 0 Å². The zero-order chi connectivity index (χ0) is 27.0. The first-order valence-electron chi connectivity index (χ1n) is 13.2. The number of rotatable bonds is 7. The van der Waals surface area contributed by atoms with Crippen molar-refractivity contribution in [3.63, 3.8) is 0 Å². The molecule has 2 saturated heterocycles. The van der Waals surface area contributed by atoms with Crippen LogP contribution in [0.1, 0.15) is 34.6 Å². The number of hydrogen-bond donors (Lipinski definition) is 0. The molecule has 202 valence electrons. The molecule has 3 aromatic rings. The second-order valence-electron chi connectivity index (χ2n) is 11.5. The molecule has 7 heteroatoms. The van der Waals surface area contributed by atoms with Gasteiger partial charge >= 0.3 is 0 Å². The fourth-order valence-corrected chi connectivity index (χ4v) is 12.5. The second-order valence-corrected chi connectivity index (χ2v) is 18.4. The Hall–Kier alpha value is -1.20. The molecular weight excluding hydrogens is 623 g/mol. The van der Waals surface area contributed by atoms with E-state index in [0.29, 0.717) is 6.61 Å². The lowest BCUT2D eigenvalue weighted by Crippen LogP contribution is -2.68. The quantitative estimate of drug-likeness (QED) is 0.167. The molecule has 4 nitrogen and oxygen atoms in total. The van der Waals surface area contributed by atoms with Crippen molar-refractivity contribution in [1.29, 1.82) is 0 Å². The molecule has 2 aliphatic rings. The zero-order valence-corrected chi connectivity index (χ0v) is 26.6. The number of benzene rings is 3. The maximum absolute atomic E-state index is 7.28. The Morgan fingerprint density at radius 1 is 0.816 bits per heavy atom. The summed E-state index contributed by atoms with van der Waals surface area (Å²) in [6.07, 6.45) is -0.526. The molecule has 1 unspecified atom stereocenters. The molecule has 0 amide bonds. The molecule has 0 aliphatic carbocycles. The van der Waals surface area contributed by atoms with Gasteiger partial charge in [-0.3, -0.25) is 0 Å². The Labute approximate surface area is 246 Å². The highest BCUT2D eigenvalue weighted by Crippen LogP contribution is 2.45. The molecule has 2 heterocycles. The SMILES string of the molecule is CC1(C)O[C@@H]2[C@H](O1)[C@H](I)C(Sc1ccccc1)O[C@@H]2CO[Si](c1ccccc1)(c1ccccc1)C(C)(C)C. The molecule has 0 spiro atoms. The van der Waals surface area contributed by atoms with Crippen LogP contribution in [0, 0.1) is 0 Å². The lowest BCUT2D eigenvalue weighted by molar-refractivity contribution is -0.158. The van der Waals surface area contributed by atoms with E-state index in [1.54, 1.807) is 11.8 Å². The Bertz CT molecular complexity index is 1150. The van der Waals surface area contributed by atoms with Gasteiger partial charge in [-0.15, -0.1) is 0 Å². The van der Waals surface area contributed by atoms with Crippen LogP contribution in [-0.2, 0) is 18.6 Å². The molecule has 5 rings (SSSR count). The highest BCUT2D eigenvalue weighted by atomic mass is 127. The van der Waals surface area contributed by atoms with Gasteiger partial charge in [0.2, 0.25) is 0 Å². The van der Waals surface area contributed by atoms with Crippen LogP contribution >= 0.6 is 34.4 Å². The summed E-state index contributed by atoms with van der Waals surface area (Å²) < 4.78 is 27.2.